The molecule has 0 radical (unpaired) electrons. The fourth-order valence-electron chi connectivity index (χ4n) is 1.92. The first-order valence-corrected chi connectivity index (χ1v) is 7.13. The zero-order valence-corrected chi connectivity index (χ0v) is 10.6. The van der Waals surface area contributed by atoms with Crippen molar-refractivity contribution in [3.8, 4) is 5.06 Å². The molecule has 6 nitrogen and oxygen atoms in total. The van der Waals surface area contributed by atoms with Crippen LogP contribution in [0.2, 0.25) is 0 Å². The van der Waals surface area contributed by atoms with Crippen molar-refractivity contribution in [3.63, 3.8) is 0 Å². The lowest BCUT2D eigenvalue weighted by atomic mass is 9.98. The van der Waals surface area contributed by atoms with Gasteiger partial charge in [0.25, 0.3) is 10.1 Å². The van der Waals surface area contributed by atoms with Crippen LogP contribution in [0.15, 0.2) is 10.1 Å². The third kappa shape index (κ3) is 2.03. The summed E-state index contributed by atoms with van der Waals surface area (Å²) in [5.74, 6) is 0. The van der Waals surface area contributed by atoms with Crippen molar-refractivity contribution in [1.29, 1.82) is 0 Å². The third-order valence-corrected chi connectivity index (χ3v) is 4.91. The molecular formula is C9H11NO5S2. The minimum Gasteiger partial charge on any atom is -0.486 e. The summed E-state index contributed by atoms with van der Waals surface area (Å²) in [5, 5.41) is 12.1. The number of fused-ring (bicyclic) bond motifs is 1. The van der Waals surface area contributed by atoms with Crippen molar-refractivity contribution in [2.45, 2.75) is 24.2 Å². The molecule has 0 aromatic carbocycles. The minimum atomic E-state index is -4.33. The minimum absolute atomic E-state index is 0.126. The second kappa shape index (κ2) is 4.28. The fourth-order valence-corrected chi connectivity index (χ4v) is 4.31. The van der Waals surface area contributed by atoms with Gasteiger partial charge in [0.2, 0.25) is 0 Å². The Balaban J connectivity index is 2.73. The second-order valence-electron chi connectivity index (χ2n) is 3.61. The molecule has 0 atom stereocenters. The molecule has 1 aliphatic rings. The summed E-state index contributed by atoms with van der Waals surface area (Å²) < 4.78 is 36.8. The fraction of sp³-hybridized carbons (Fsp3) is 0.444. The van der Waals surface area contributed by atoms with Crippen molar-refractivity contribution >= 4 is 27.2 Å². The van der Waals surface area contributed by atoms with Gasteiger partial charge in [0.1, 0.15) is 0 Å². The number of ether oxygens (including phenoxy) is 1. The monoisotopic (exact) mass is 277 g/mol. The first kappa shape index (κ1) is 12.3. The Hall–Kier alpha value is -1.12. The molecule has 1 heterocycles. The maximum atomic E-state index is 11.3. The summed E-state index contributed by atoms with van der Waals surface area (Å²) in [7, 11) is -2.99. The van der Waals surface area contributed by atoms with Crippen LogP contribution in [0.3, 0.4) is 0 Å². The summed E-state index contributed by atoms with van der Waals surface area (Å²) in [5.41, 5.74) is 0.915. The maximum Gasteiger partial charge on any atom is 0.299 e. The van der Waals surface area contributed by atoms with Gasteiger partial charge in [-0.1, -0.05) is 16.5 Å². The molecule has 94 valence electrons. The average molecular weight is 277 g/mol. The van der Waals surface area contributed by atoms with Gasteiger partial charge in [-0.25, -0.2) is 0 Å². The Labute approximate surface area is 102 Å². The van der Waals surface area contributed by atoms with E-state index in [1.807, 2.05) is 0 Å². The van der Waals surface area contributed by atoms with Crippen LogP contribution in [0.5, 0.6) is 5.06 Å². The van der Waals surface area contributed by atoms with E-state index in [0.717, 1.165) is 11.3 Å². The lowest BCUT2D eigenvalue weighted by Gasteiger charge is -2.12. The van der Waals surface area contributed by atoms with E-state index in [2.05, 4.69) is 5.16 Å². The van der Waals surface area contributed by atoms with Crippen molar-refractivity contribution in [2.24, 2.45) is 5.16 Å². The van der Waals surface area contributed by atoms with Crippen molar-refractivity contribution in [1.82, 2.24) is 0 Å². The first-order chi connectivity index (χ1) is 7.99. The van der Waals surface area contributed by atoms with Gasteiger partial charge in [-0.05, 0) is 24.8 Å². The molecule has 0 saturated heterocycles. The summed E-state index contributed by atoms with van der Waals surface area (Å²) in [6.07, 6.45) is 1.77. The van der Waals surface area contributed by atoms with Gasteiger partial charge in [-0.2, -0.15) is 8.42 Å². The van der Waals surface area contributed by atoms with E-state index >= 15 is 0 Å². The topological polar surface area (TPSA) is 96.2 Å². The molecule has 0 saturated carbocycles. The zero-order chi connectivity index (χ0) is 12.6. The van der Waals surface area contributed by atoms with E-state index in [4.69, 9.17) is 9.94 Å². The van der Waals surface area contributed by atoms with E-state index in [-0.39, 0.29) is 9.96 Å². The number of oxime groups is 1. The Morgan fingerprint density at radius 1 is 1.41 bits per heavy atom. The number of methoxy groups -OCH3 is 1. The standard InChI is InChI=1S/C9H11NO5S2/c1-15-9-8(17(12,13)14)5-3-2-4-6(10-11)7(5)16-9/h11H,2-4H2,1H3,(H,12,13,14)/b10-6-. The highest BCUT2D eigenvalue weighted by Crippen LogP contribution is 2.42. The van der Waals surface area contributed by atoms with Gasteiger partial charge in [0.05, 0.1) is 17.7 Å². The highest BCUT2D eigenvalue weighted by molar-refractivity contribution is 7.86. The molecule has 0 bridgehead atoms. The second-order valence-corrected chi connectivity index (χ2v) is 5.95. The number of rotatable bonds is 2. The van der Waals surface area contributed by atoms with Crippen molar-refractivity contribution in [3.05, 3.63) is 10.4 Å². The SMILES string of the molecule is COc1sc2c(c1S(=O)(=O)O)CCC/C2=N/O. The Morgan fingerprint density at radius 3 is 2.65 bits per heavy atom. The van der Waals surface area contributed by atoms with Crippen LogP contribution in [0, 0.1) is 0 Å². The molecule has 2 N–H and O–H groups in total. The molecule has 2 rings (SSSR count). The van der Waals surface area contributed by atoms with Crippen LogP contribution >= 0.6 is 11.3 Å². The normalized spacial score (nSPS) is 18.1. The molecule has 1 aromatic rings. The number of thiophene rings is 1. The molecule has 0 spiro atoms. The van der Waals surface area contributed by atoms with E-state index < -0.39 is 10.1 Å². The van der Waals surface area contributed by atoms with E-state index in [0.29, 0.717) is 35.4 Å². The molecule has 0 unspecified atom stereocenters. The number of hydrogen-bond donors (Lipinski definition) is 2. The van der Waals surface area contributed by atoms with Gasteiger partial charge in [0.15, 0.2) is 9.96 Å². The molecule has 0 amide bonds. The lowest BCUT2D eigenvalue weighted by molar-refractivity contribution is 0.317. The highest BCUT2D eigenvalue weighted by Gasteiger charge is 2.31. The van der Waals surface area contributed by atoms with Gasteiger partial charge in [0, 0.05) is 0 Å². The third-order valence-electron chi connectivity index (χ3n) is 2.59. The Kier molecular flexibility index (Phi) is 3.11. The largest absolute Gasteiger partial charge is 0.486 e. The van der Waals surface area contributed by atoms with E-state index in [1.165, 1.54) is 7.11 Å². The predicted molar refractivity (Wildman–Crippen MR) is 61.9 cm³/mol. The summed E-state index contributed by atoms with van der Waals surface area (Å²) in [6, 6.07) is 0. The quantitative estimate of drug-likeness (QED) is 0.485. The van der Waals surface area contributed by atoms with E-state index in [1.54, 1.807) is 0 Å². The van der Waals surface area contributed by atoms with Gasteiger partial charge < -0.3 is 9.94 Å². The highest BCUT2D eigenvalue weighted by atomic mass is 32.2. The first-order valence-electron chi connectivity index (χ1n) is 4.87. The average Bonchev–Trinajstić information content (AvgIpc) is 2.66. The van der Waals surface area contributed by atoms with Gasteiger partial charge in [-0.15, -0.1) is 0 Å². The number of nitrogens with zero attached hydrogens (tertiary/aromatic N) is 1. The van der Waals surface area contributed by atoms with Crippen LogP contribution in [-0.4, -0.2) is 31.0 Å². The molecule has 8 heteroatoms. The molecule has 1 aliphatic carbocycles. The van der Waals surface area contributed by atoms with Crippen LogP contribution in [-0.2, 0) is 16.5 Å². The molecule has 1 aromatic heterocycles. The lowest BCUT2D eigenvalue weighted by Crippen LogP contribution is -2.12. The van der Waals surface area contributed by atoms with Crippen molar-refractivity contribution < 1.29 is 22.9 Å². The Morgan fingerprint density at radius 2 is 2.12 bits per heavy atom. The number of hydrogen-bond acceptors (Lipinski definition) is 6. The molecule has 0 aliphatic heterocycles. The van der Waals surface area contributed by atoms with Gasteiger partial charge >= 0.3 is 0 Å². The molecule has 17 heavy (non-hydrogen) atoms. The van der Waals surface area contributed by atoms with Crippen LogP contribution in [0.25, 0.3) is 0 Å². The zero-order valence-electron chi connectivity index (χ0n) is 9.00. The summed E-state index contributed by atoms with van der Waals surface area (Å²) in [6.45, 7) is 0. The summed E-state index contributed by atoms with van der Waals surface area (Å²) in [4.78, 5) is 0.379. The summed E-state index contributed by atoms with van der Waals surface area (Å²) >= 11 is 1.07. The van der Waals surface area contributed by atoms with Crippen molar-refractivity contribution in [2.75, 3.05) is 7.11 Å². The van der Waals surface area contributed by atoms with Crippen LogP contribution in [0.4, 0.5) is 0 Å². The predicted octanol–water partition coefficient (Wildman–Crippen LogP) is 1.52. The maximum absolute atomic E-state index is 11.3. The van der Waals surface area contributed by atoms with E-state index in [9.17, 15) is 13.0 Å². The molecule has 0 fully saturated rings. The van der Waals surface area contributed by atoms with Crippen LogP contribution < -0.4 is 4.74 Å². The van der Waals surface area contributed by atoms with Gasteiger partial charge in [-0.3, -0.25) is 4.55 Å². The smallest absolute Gasteiger partial charge is 0.299 e. The van der Waals surface area contributed by atoms with Crippen LogP contribution in [0.1, 0.15) is 23.3 Å². The molecular weight excluding hydrogens is 266 g/mol. The Bertz CT molecular complexity index is 572.